The lowest BCUT2D eigenvalue weighted by Crippen LogP contribution is -2.49. The molecule has 0 aromatic rings. The van der Waals surface area contributed by atoms with E-state index in [1.165, 1.54) is 5.17 Å². The van der Waals surface area contributed by atoms with Crippen LogP contribution in [-0.2, 0) is 9.68 Å². The van der Waals surface area contributed by atoms with Crippen LogP contribution in [0, 0.1) is 0 Å². The fourth-order valence-electron chi connectivity index (χ4n) is 0.871. The molecule has 1 N–H and O–H groups in total. The first-order chi connectivity index (χ1) is 5.86. The molecule has 0 fully saturated rings. The Kier molecular flexibility index (Phi) is 4.02. The second kappa shape index (κ2) is 5.10. The molecule has 0 aromatic carbocycles. The number of hydroxylamine groups is 2. The van der Waals surface area contributed by atoms with Crippen LogP contribution in [0.25, 0.3) is 0 Å². The summed E-state index contributed by atoms with van der Waals surface area (Å²) in [4.78, 5) is 10.4. The van der Waals surface area contributed by atoms with Gasteiger partial charge in [-0.1, -0.05) is 5.17 Å². The zero-order chi connectivity index (χ0) is 8.81. The summed E-state index contributed by atoms with van der Waals surface area (Å²) in [5.41, 5.74) is 2.89. The van der Waals surface area contributed by atoms with Crippen molar-refractivity contribution in [3.63, 3.8) is 0 Å². The minimum atomic E-state index is 0.622. The summed E-state index contributed by atoms with van der Waals surface area (Å²) < 4.78 is 0. The molecule has 1 heterocycles. The molecular weight excluding hydrogens is 158 g/mol. The number of rotatable bonds is 4. The van der Waals surface area contributed by atoms with Gasteiger partial charge in [0.25, 0.3) is 0 Å². The lowest BCUT2D eigenvalue weighted by atomic mass is 10.6. The monoisotopic (exact) mass is 173 g/mol. The van der Waals surface area contributed by atoms with Gasteiger partial charge < -0.3 is 0 Å². The van der Waals surface area contributed by atoms with Gasteiger partial charge in [0, 0.05) is 6.20 Å². The quantitative estimate of drug-likeness (QED) is 0.667. The van der Waals surface area contributed by atoms with E-state index in [9.17, 15) is 0 Å². The Morgan fingerprint density at radius 2 is 2.08 bits per heavy atom. The summed E-state index contributed by atoms with van der Waals surface area (Å²) in [7, 11) is 0. The lowest BCUT2D eigenvalue weighted by molar-refractivity contribution is -0.296. The fourth-order valence-corrected chi connectivity index (χ4v) is 0.871. The fraction of sp³-hybridized carbons (Fsp3) is 0.714. The molecule has 0 atom stereocenters. The van der Waals surface area contributed by atoms with Crippen molar-refractivity contribution in [2.75, 3.05) is 19.8 Å². The maximum absolute atomic E-state index is 5.21. The largest absolute Gasteiger partial charge is 0.283 e. The molecule has 0 spiro atoms. The van der Waals surface area contributed by atoms with Crippen LogP contribution < -0.4 is 5.53 Å². The van der Waals surface area contributed by atoms with Crippen molar-refractivity contribution in [2.45, 2.75) is 13.8 Å². The van der Waals surface area contributed by atoms with E-state index >= 15 is 0 Å². The van der Waals surface area contributed by atoms with Gasteiger partial charge in [0.2, 0.25) is 0 Å². The van der Waals surface area contributed by atoms with Crippen LogP contribution in [0.5, 0.6) is 0 Å². The number of hydrazine groups is 2. The maximum atomic E-state index is 5.21. The molecule has 0 aliphatic carbocycles. The van der Waals surface area contributed by atoms with Gasteiger partial charge in [-0.05, 0) is 19.9 Å². The van der Waals surface area contributed by atoms with E-state index in [0.717, 1.165) is 6.54 Å². The smallest absolute Gasteiger partial charge is 0.0738 e. The minimum absolute atomic E-state index is 0.622. The molecule has 0 unspecified atom stereocenters. The number of nitrogens with zero attached hydrogens (tertiary/aromatic N) is 2. The van der Waals surface area contributed by atoms with Crippen LogP contribution in [0.4, 0.5) is 0 Å². The SMILES string of the molecule is CCON1C=CCN(OCC)N1. The van der Waals surface area contributed by atoms with Gasteiger partial charge in [-0.3, -0.25) is 9.68 Å². The Bertz CT molecular complexity index is 152. The number of hydrogen-bond donors (Lipinski definition) is 1. The average Bonchev–Trinajstić information content (AvgIpc) is 2.06. The molecule has 12 heavy (non-hydrogen) atoms. The average molecular weight is 173 g/mol. The molecule has 1 rings (SSSR count). The summed E-state index contributed by atoms with van der Waals surface area (Å²) in [6, 6.07) is 0. The second-order valence-electron chi connectivity index (χ2n) is 2.21. The van der Waals surface area contributed by atoms with Crippen molar-refractivity contribution in [3.05, 3.63) is 12.3 Å². The first kappa shape index (κ1) is 9.47. The third kappa shape index (κ3) is 2.78. The maximum Gasteiger partial charge on any atom is 0.0738 e. The summed E-state index contributed by atoms with van der Waals surface area (Å²) >= 11 is 0. The Morgan fingerprint density at radius 3 is 2.75 bits per heavy atom. The zero-order valence-electron chi connectivity index (χ0n) is 7.49. The predicted octanol–water partition coefficient (Wildman–Crippen LogP) is 0.440. The van der Waals surface area contributed by atoms with E-state index in [-0.39, 0.29) is 0 Å². The van der Waals surface area contributed by atoms with E-state index in [1.54, 1.807) is 5.17 Å². The highest BCUT2D eigenvalue weighted by atomic mass is 16.8. The molecule has 70 valence electrons. The first-order valence-corrected chi connectivity index (χ1v) is 4.12. The highest BCUT2D eigenvalue weighted by Gasteiger charge is 2.10. The van der Waals surface area contributed by atoms with Gasteiger partial charge in [0.1, 0.15) is 0 Å². The summed E-state index contributed by atoms with van der Waals surface area (Å²) in [5.74, 6) is 0. The molecule has 1 aliphatic rings. The van der Waals surface area contributed by atoms with Crippen molar-refractivity contribution >= 4 is 0 Å². The van der Waals surface area contributed by atoms with E-state index in [2.05, 4.69) is 5.53 Å². The molecule has 1 aliphatic heterocycles. The molecule has 0 saturated carbocycles. The molecule has 0 amide bonds. The van der Waals surface area contributed by atoms with Gasteiger partial charge in [-0.15, -0.1) is 5.53 Å². The van der Waals surface area contributed by atoms with Gasteiger partial charge >= 0.3 is 0 Å². The standard InChI is InChI=1S/C7H15N3O2/c1-3-11-9-6-5-7-10(8-9)12-4-2/h5-6,8H,3-4,7H2,1-2H3. The van der Waals surface area contributed by atoms with Crippen LogP contribution in [0.2, 0.25) is 0 Å². The van der Waals surface area contributed by atoms with Gasteiger partial charge in [0.05, 0.1) is 19.8 Å². The van der Waals surface area contributed by atoms with E-state index in [0.29, 0.717) is 13.2 Å². The van der Waals surface area contributed by atoms with Crippen molar-refractivity contribution in [2.24, 2.45) is 0 Å². The summed E-state index contributed by atoms with van der Waals surface area (Å²) in [5, 5.41) is 3.12. The predicted molar refractivity (Wildman–Crippen MR) is 44.1 cm³/mol. The van der Waals surface area contributed by atoms with Crippen LogP contribution in [0.3, 0.4) is 0 Å². The molecule has 0 radical (unpaired) electrons. The Hall–Kier alpha value is -0.620. The minimum Gasteiger partial charge on any atom is -0.283 e. The van der Waals surface area contributed by atoms with Crippen molar-refractivity contribution < 1.29 is 9.68 Å². The van der Waals surface area contributed by atoms with Crippen molar-refractivity contribution in [1.29, 1.82) is 0 Å². The zero-order valence-corrected chi connectivity index (χ0v) is 7.49. The van der Waals surface area contributed by atoms with Crippen LogP contribution in [0.1, 0.15) is 13.8 Å². The molecule has 5 heteroatoms. The molecule has 0 aromatic heterocycles. The molecule has 5 nitrogen and oxygen atoms in total. The summed E-state index contributed by atoms with van der Waals surface area (Å²) in [6.07, 6.45) is 3.76. The number of nitrogens with one attached hydrogen (secondary N) is 1. The lowest BCUT2D eigenvalue weighted by Gasteiger charge is -2.30. The van der Waals surface area contributed by atoms with Crippen LogP contribution in [-0.4, -0.2) is 30.1 Å². The highest BCUT2D eigenvalue weighted by molar-refractivity contribution is 4.81. The number of hydrogen-bond acceptors (Lipinski definition) is 5. The van der Waals surface area contributed by atoms with Gasteiger partial charge in [0.15, 0.2) is 0 Å². The Morgan fingerprint density at radius 1 is 1.33 bits per heavy atom. The van der Waals surface area contributed by atoms with E-state index < -0.39 is 0 Å². The summed E-state index contributed by atoms with van der Waals surface area (Å²) in [6.45, 7) is 5.84. The van der Waals surface area contributed by atoms with Gasteiger partial charge in [-0.25, -0.2) is 0 Å². The molecule has 0 saturated heterocycles. The van der Waals surface area contributed by atoms with Crippen LogP contribution in [0.15, 0.2) is 12.3 Å². The normalized spacial score (nSPS) is 18.7. The third-order valence-electron chi connectivity index (χ3n) is 1.28. The highest BCUT2D eigenvalue weighted by Crippen LogP contribution is 1.98. The second-order valence-corrected chi connectivity index (χ2v) is 2.21. The van der Waals surface area contributed by atoms with Crippen LogP contribution >= 0.6 is 0 Å². The first-order valence-electron chi connectivity index (χ1n) is 4.12. The van der Waals surface area contributed by atoms with E-state index in [1.807, 2.05) is 26.1 Å². The topological polar surface area (TPSA) is 37.0 Å². The Labute approximate surface area is 72.4 Å². The molecular formula is C7H15N3O2. The van der Waals surface area contributed by atoms with Crippen molar-refractivity contribution in [1.82, 2.24) is 15.9 Å². The van der Waals surface area contributed by atoms with Gasteiger partial charge in [-0.2, -0.15) is 5.17 Å². The van der Waals surface area contributed by atoms with E-state index in [4.69, 9.17) is 9.68 Å². The van der Waals surface area contributed by atoms with Crippen molar-refractivity contribution in [3.8, 4) is 0 Å². The Balaban J connectivity index is 2.29. The molecule has 0 bridgehead atoms. The third-order valence-corrected chi connectivity index (χ3v) is 1.28.